The molecule has 0 unspecified atom stereocenters. The zero-order valence-corrected chi connectivity index (χ0v) is 18.3. The minimum Gasteiger partial charge on any atom is -0.383 e. The van der Waals surface area contributed by atoms with Crippen molar-refractivity contribution in [1.29, 1.82) is 0 Å². The normalized spacial score (nSPS) is 15.0. The van der Waals surface area contributed by atoms with Crippen molar-refractivity contribution in [2.75, 3.05) is 19.0 Å². The van der Waals surface area contributed by atoms with E-state index < -0.39 is 27.9 Å². The third kappa shape index (κ3) is 3.60. The number of aromatic nitrogens is 1. The van der Waals surface area contributed by atoms with E-state index >= 15 is 0 Å². The van der Waals surface area contributed by atoms with Gasteiger partial charge >= 0.3 is 0 Å². The van der Waals surface area contributed by atoms with Gasteiger partial charge in [0.05, 0.1) is 12.2 Å². The van der Waals surface area contributed by atoms with Gasteiger partial charge in [-0.15, -0.1) is 0 Å². The summed E-state index contributed by atoms with van der Waals surface area (Å²) in [5.74, 6) is -1.02. The van der Waals surface area contributed by atoms with Gasteiger partial charge in [0.25, 0.3) is 21.8 Å². The third-order valence-electron chi connectivity index (χ3n) is 5.25. The summed E-state index contributed by atoms with van der Waals surface area (Å²) >= 11 is 0. The number of hydrogen-bond donors (Lipinski definition) is 1. The molecule has 3 aromatic rings. The second-order valence-corrected chi connectivity index (χ2v) is 9.42. The van der Waals surface area contributed by atoms with Crippen LogP contribution in [0.3, 0.4) is 0 Å². The Balaban J connectivity index is 1.59. The number of hydrogen-bond acceptors (Lipinski definition) is 5. The molecule has 1 N–H and O–H groups in total. The molecule has 31 heavy (non-hydrogen) atoms. The van der Waals surface area contributed by atoms with E-state index in [1.807, 2.05) is 24.4 Å². The Morgan fingerprint density at radius 1 is 1.13 bits per heavy atom. The van der Waals surface area contributed by atoms with Gasteiger partial charge in [-0.25, -0.2) is 12.7 Å². The van der Waals surface area contributed by atoms with E-state index in [-0.39, 0.29) is 16.0 Å². The molecule has 2 heterocycles. The zero-order chi connectivity index (χ0) is 22.3. The molecule has 4 rings (SSSR count). The van der Waals surface area contributed by atoms with Crippen LogP contribution >= 0.6 is 0 Å². The first-order valence-electron chi connectivity index (χ1n) is 9.86. The molecule has 0 saturated heterocycles. The highest BCUT2D eigenvalue weighted by Crippen LogP contribution is 2.32. The predicted molar refractivity (Wildman–Crippen MR) is 117 cm³/mol. The van der Waals surface area contributed by atoms with Crippen molar-refractivity contribution < 1.29 is 22.7 Å². The summed E-state index contributed by atoms with van der Waals surface area (Å²) in [5, 5.41) is 3.76. The highest BCUT2D eigenvalue weighted by atomic mass is 32.2. The average molecular weight is 442 g/mol. The van der Waals surface area contributed by atoms with Crippen LogP contribution in [0.5, 0.6) is 0 Å². The maximum Gasteiger partial charge on any atom is 0.269 e. The van der Waals surface area contributed by atoms with Crippen LogP contribution in [0.2, 0.25) is 0 Å². The van der Waals surface area contributed by atoms with Crippen LogP contribution in [0.1, 0.15) is 34.6 Å². The first kappa shape index (κ1) is 21.1. The molecular weight excluding hydrogens is 418 g/mol. The Morgan fingerprint density at radius 3 is 2.61 bits per heavy atom. The van der Waals surface area contributed by atoms with E-state index in [0.717, 1.165) is 21.8 Å². The molecule has 162 valence electrons. The zero-order valence-electron chi connectivity index (χ0n) is 17.5. The van der Waals surface area contributed by atoms with Crippen LogP contribution in [-0.4, -0.2) is 48.9 Å². The number of fused-ring (bicyclic) bond motifs is 2. The number of carbonyl (C=O) groups excluding carboxylic acids is 2. The van der Waals surface area contributed by atoms with Crippen LogP contribution in [-0.2, 0) is 21.3 Å². The number of benzene rings is 2. The average Bonchev–Trinajstić information content (AvgIpc) is 3.21. The first-order valence-corrected chi connectivity index (χ1v) is 11.3. The number of amides is 2. The number of ether oxygens (including phenoxy) is 1. The van der Waals surface area contributed by atoms with Gasteiger partial charge in [-0.2, -0.15) is 0 Å². The van der Waals surface area contributed by atoms with Crippen molar-refractivity contribution in [2.45, 2.75) is 31.3 Å². The Bertz CT molecular complexity index is 1290. The SMILES string of the molecule is COCCn1ccc2cc(NC(=O)c3ccc4c(c3)S(=O)(=O)N(C(C)C)C4=O)ccc21. The van der Waals surface area contributed by atoms with Gasteiger partial charge in [-0.05, 0) is 56.3 Å². The fourth-order valence-corrected chi connectivity index (χ4v) is 5.56. The summed E-state index contributed by atoms with van der Waals surface area (Å²) in [6.45, 7) is 4.59. The molecule has 8 nitrogen and oxygen atoms in total. The summed E-state index contributed by atoms with van der Waals surface area (Å²) in [7, 11) is -2.31. The second-order valence-electron chi connectivity index (χ2n) is 7.64. The van der Waals surface area contributed by atoms with Crippen molar-refractivity contribution in [3.8, 4) is 0 Å². The van der Waals surface area contributed by atoms with Gasteiger partial charge in [-0.1, -0.05) is 0 Å². The van der Waals surface area contributed by atoms with E-state index in [9.17, 15) is 18.0 Å². The van der Waals surface area contributed by atoms with E-state index in [0.29, 0.717) is 12.3 Å². The predicted octanol–water partition coefficient (Wildman–Crippen LogP) is 3.09. The van der Waals surface area contributed by atoms with Gasteiger partial charge in [0.15, 0.2) is 0 Å². The highest BCUT2D eigenvalue weighted by molar-refractivity contribution is 7.90. The van der Waals surface area contributed by atoms with Crippen LogP contribution in [0.15, 0.2) is 53.6 Å². The maximum atomic E-state index is 12.8. The standard InChI is InChI=1S/C22H23N3O5S/c1-14(2)25-22(27)18-6-4-16(13-20(18)31(25,28)29)21(26)23-17-5-7-19-15(12-17)8-9-24(19)10-11-30-3/h4-9,12-14H,10-11H2,1-3H3,(H,23,26). The molecule has 0 spiro atoms. The van der Waals surface area contributed by atoms with Crippen LogP contribution in [0.4, 0.5) is 5.69 Å². The van der Waals surface area contributed by atoms with Gasteiger partial charge in [-0.3, -0.25) is 9.59 Å². The van der Waals surface area contributed by atoms with E-state index in [1.54, 1.807) is 27.0 Å². The molecule has 1 aliphatic heterocycles. The quantitative estimate of drug-likeness (QED) is 0.634. The van der Waals surface area contributed by atoms with Crippen LogP contribution in [0.25, 0.3) is 10.9 Å². The number of rotatable bonds is 6. The minimum absolute atomic E-state index is 0.0871. The van der Waals surface area contributed by atoms with Crippen LogP contribution < -0.4 is 5.32 Å². The maximum absolute atomic E-state index is 12.8. The molecule has 0 aliphatic carbocycles. The Kier molecular flexibility index (Phi) is 5.32. The number of sulfonamides is 1. The van der Waals surface area contributed by atoms with Gasteiger partial charge in [0, 0.05) is 48.0 Å². The summed E-state index contributed by atoms with van der Waals surface area (Å²) < 4.78 is 33.5. The number of nitrogens with one attached hydrogen (secondary N) is 1. The first-order chi connectivity index (χ1) is 14.7. The van der Waals surface area contributed by atoms with E-state index in [1.165, 1.54) is 18.2 Å². The lowest BCUT2D eigenvalue weighted by Crippen LogP contribution is -2.36. The minimum atomic E-state index is -3.97. The molecule has 0 bridgehead atoms. The topological polar surface area (TPSA) is 97.7 Å². The number of nitrogens with zero attached hydrogens (tertiary/aromatic N) is 2. The monoisotopic (exact) mass is 441 g/mol. The van der Waals surface area contributed by atoms with Crippen molar-refractivity contribution >= 4 is 38.4 Å². The second kappa shape index (κ2) is 7.82. The number of anilines is 1. The Morgan fingerprint density at radius 2 is 1.90 bits per heavy atom. The van der Waals surface area contributed by atoms with Crippen molar-refractivity contribution in [3.05, 3.63) is 59.8 Å². The molecule has 9 heteroatoms. The number of methoxy groups -OCH3 is 1. The molecule has 2 aromatic carbocycles. The molecule has 0 atom stereocenters. The molecule has 1 aliphatic rings. The lowest BCUT2D eigenvalue weighted by atomic mass is 10.1. The summed E-state index contributed by atoms with van der Waals surface area (Å²) in [5.41, 5.74) is 1.86. The summed E-state index contributed by atoms with van der Waals surface area (Å²) in [6, 6.07) is 11.1. The number of carbonyl (C=O) groups is 2. The Labute approximate surface area is 180 Å². The fraction of sp³-hybridized carbons (Fsp3) is 0.273. The largest absolute Gasteiger partial charge is 0.383 e. The van der Waals surface area contributed by atoms with Crippen molar-refractivity contribution in [1.82, 2.24) is 8.87 Å². The van der Waals surface area contributed by atoms with Gasteiger partial charge in [0.2, 0.25) is 0 Å². The molecule has 1 aromatic heterocycles. The smallest absolute Gasteiger partial charge is 0.269 e. The molecule has 0 radical (unpaired) electrons. The molecule has 2 amide bonds. The lowest BCUT2D eigenvalue weighted by Gasteiger charge is -2.18. The lowest BCUT2D eigenvalue weighted by molar-refractivity contribution is 0.0846. The van der Waals surface area contributed by atoms with Gasteiger partial charge in [0.1, 0.15) is 4.90 Å². The van der Waals surface area contributed by atoms with Crippen molar-refractivity contribution in [3.63, 3.8) is 0 Å². The summed E-state index contributed by atoms with van der Waals surface area (Å²) in [4.78, 5) is 25.1. The van der Waals surface area contributed by atoms with E-state index in [4.69, 9.17) is 4.74 Å². The van der Waals surface area contributed by atoms with Gasteiger partial charge < -0.3 is 14.6 Å². The van der Waals surface area contributed by atoms with E-state index in [2.05, 4.69) is 9.88 Å². The molecule has 0 saturated carbocycles. The summed E-state index contributed by atoms with van der Waals surface area (Å²) in [6.07, 6.45) is 1.96. The van der Waals surface area contributed by atoms with Crippen molar-refractivity contribution in [2.24, 2.45) is 0 Å². The Hall–Kier alpha value is -3.17. The highest BCUT2D eigenvalue weighted by Gasteiger charge is 2.42. The molecule has 0 fully saturated rings. The fourth-order valence-electron chi connectivity index (χ4n) is 3.77. The van der Waals surface area contributed by atoms with Crippen LogP contribution in [0, 0.1) is 0 Å². The third-order valence-corrected chi connectivity index (χ3v) is 7.24. The molecular formula is C22H23N3O5S.